The Bertz CT molecular complexity index is 596. The van der Waals surface area contributed by atoms with E-state index in [0.29, 0.717) is 27.9 Å². The van der Waals surface area contributed by atoms with Crippen molar-refractivity contribution >= 4 is 21.4 Å². The highest BCUT2D eigenvalue weighted by molar-refractivity contribution is 7.90. The van der Waals surface area contributed by atoms with Crippen molar-refractivity contribution in [1.82, 2.24) is 5.32 Å². The predicted octanol–water partition coefficient (Wildman–Crippen LogP) is 3.19. The van der Waals surface area contributed by atoms with Crippen LogP contribution in [-0.2, 0) is 16.4 Å². The van der Waals surface area contributed by atoms with E-state index >= 15 is 0 Å². The van der Waals surface area contributed by atoms with E-state index in [2.05, 4.69) is 17.5 Å². The summed E-state index contributed by atoms with van der Waals surface area (Å²) in [6, 6.07) is 5.02. The Balaban J connectivity index is 2.03. The first-order valence-electron chi connectivity index (χ1n) is 6.81. The number of sulfone groups is 1. The van der Waals surface area contributed by atoms with E-state index in [1.807, 2.05) is 0 Å². The lowest BCUT2D eigenvalue weighted by Crippen LogP contribution is -2.24. The van der Waals surface area contributed by atoms with Crippen LogP contribution in [0.5, 0.6) is 0 Å². The molecule has 1 aromatic carbocycles. The fraction of sp³-hybridized carbons (Fsp3) is 0.467. The number of hydrogen-bond donors (Lipinski definition) is 1. The Hall–Kier alpha value is -0.840. The summed E-state index contributed by atoms with van der Waals surface area (Å²) in [6.45, 7) is 1.38. The Morgan fingerprint density at radius 3 is 2.80 bits per heavy atom. The molecule has 0 heterocycles. The maximum absolute atomic E-state index is 11.8. The van der Waals surface area contributed by atoms with Gasteiger partial charge in [0, 0.05) is 23.4 Å². The van der Waals surface area contributed by atoms with Gasteiger partial charge in [-0.25, -0.2) is 8.42 Å². The molecule has 0 fully saturated rings. The Labute approximate surface area is 125 Å². The van der Waals surface area contributed by atoms with E-state index in [-0.39, 0.29) is 0 Å². The molecule has 3 nitrogen and oxygen atoms in total. The van der Waals surface area contributed by atoms with Gasteiger partial charge in [-0.15, -0.1) is 0 Å². The molecule has 5 heteroatoms. The number of rotatable bonds is 5. The molecule has 0 saturated carbocycles. The Kier molecular flexibility index (Phi) is 5.24. The van der Waals surface area contributed by atoms with Crippen LogP contribution in [0, 0.1) is 5.92 Å². The van der Waals surface area contributed by atoms with Crippen molar-refractivity contribution in [2.24, 2.45) is 5.92 Å². The minimum absolute atomic E-state index is 0.320. The summed E-state index contributed by atoms with van der Waals surface area (Å²) in [5.74, 6) is 0.629. The average molecular weight is 314 g/mol. The van der Waals surface area contributed by atoms with E-state index in [4.69, 9.17) is 11.6 Å². The third-order valence-corrected chi connectivity index (χ3v) is 5.12. The molecule has 0 aliphatic heterocycles. The van der Waals surface area contributed by atoms with Crippen LogP contribution in [0.15, 0.2) is 35.2 Å². The molecular formula is C15H20ClNO2S. The molecule has 1 unspecified atom stereocenters. The molecule has 0 radical (unpaired) electrons. The van der Waals surface area contributed by atoms with E-state index in [1.165, 1.54) is 12.7 Å². The van der Waals surface area contributed by atoms with Crippen LogP contribution < -0.4 is 5.32 Å². The number of allylic oxidation sites excluding steroid dienone is 2. The number of hydrogen-bond acceptors (Lipinski definition) is 3. The molecule has 0 spiro atoms. The maximum Gasteiger partial charge on any atom is 0.175 e. The highest BCUT2D eigenvalue weighted by Crippen LogP contribution is 2.24. The zero-order valence-electron chi connectivity index (χ0n) is 11.6. The first-order chi connectivity index (χ1) is 9.48. The van der Waals surface area contributed by atoms with Gasteiger partial charge >= 0.3 is 0 Å². The third kappa shape index (κ3) is 4.08. The maximum atomic E-state index is 11.8. The summed E-state index contributed by atoms with van der Waals surface area (Å²) >= 11 is 6.14. The topological polar surface area (TPSA) is 46.2 Å². The molecule has 2 rings (SSSR count). The van der Waals surface area contributed by atoms with Crippen LogP contribution in [0.25, 0.3) is 0 Å². The van der Waals surface area contributed by atoms with Gasteiger partial charge in [0.05, 0.1) is 4.90 Å². The van der Waals surface area contributed by atoms with Crippen molar-refractivity contribution < 1.29 is 8.42 Å². The molecule has 1 aliphatic carbocycles. The third-order valence-electron chi connectivity index (χ3n) is 3.59. The molecule has 110 valence electrons. The molecule has 0 amide bonds. The smallest absolute Gasteiger partial charge is 0.175 e. The first kappa shape index (κ1) is 15.5. The van der Waals surface area contributed by atoms with Crippen molar-refractivity contribution in [3.63, 3.8) is 0 Å². The summed E-state index contributed by atoms with van der Waals surface area (Å²) < 4.78 is 23.6. The zero-order chi connectivity index (χ0) is 14.6. The molecule has 1 N–H and O–H groups in total. The lowest BCUT2D eigenvalue weighted by atomic mass is 9.94. The number of halogens is 1. The van der Waals surface area contributed by atoms with Gasteiger partial charge in [-0.3, -0.25) is 0 Å². The zero-order valence-corrected chi connectivity index (χ0v) is 13.2. The number of nitrogens with one attached hydrogen (secondary N) is 1. The largest absolute Gasteiger partial charge is 0.312 e. The Morgan fingerprint density at radius 2 is 2.15 bits per heavy atom. The van der Waals surface area contributed by atoms with Crippen LogP contribution in [-0.4, -0.2) is 21.2 Å². The fourth-order valence-electron chi connectivity index (χ4n) is 2.50. The molecule has 1 aromatic rings. The lowest BCUT2D eigenvalue weighted by molar-refractivity contribution is 0.439. The van der Waals surface area contributed by atoms with Crippen molar-refractivity contribution in [3.8, 4) is 0 Å². The van der Waals surface area contributed by atoms with Crippen LogP contribution >= 0.6 is 11.6 Å². The quantitative estimate of drug-likeness (QED) is 0.849. The highest BCUT2D eigenvalue weighted by atomic mass is 35.5. The van der Waals surface area contributed by atoms with Crippen LogP contribution in [0.2, 0.25) is 5.02 Å². The first-order valence-corrected chi connectivity index (χ1v) is 9.08. The Morgan fingerprint density at radius 1 is 1.35 bits per heavy atom. The van der Waals surface area contributed by atoms with Gasteiger partial charge in [0.15, 0.2) is 9.84 Å². The SMILES string of the molecule is CS(=O)(=O)c1cccc(Cl)c1CNCC1CC=CCC1. The minimum Gasteiger partial charge on any atom is -0.312 e. The second-order valence-corrected chi connectivity index (χ2v) is 7.66. The molecule has 0 saturated heterocycles. The van der Waals surface area contributed by atoms with E-state index in [0.717, 1.165) is 19.4 Å². The lowest BCUT2D eigenvalue weighted by Gasteiger charge is -2.19. The summed E-state index contributed by atoms with van der Waals surface area (Å²) in [5.41, 5.74) is 0.669. The van der Waals surface area contributed by atoms with Gasteiger partial charge < -0.3 is 5.32 Å². The van der Waals surface area contributed by atoms with E-state index in [1.54, 1.807) is 18.2 Å². The molecule has 0 bridgehead atoms. The van der Waals surface area contributed by atoms with E-state index < -0.39 is 9.84 Å². The fourth-order valence-corrected chi connectivity index (χ4v) is 3.75. The van der Waals surface area contributed by atoms with Crippen LogP contribution in [0.4, 0.5) is 0 Å². The van der Waals surface area contributed by atoms with Gasteiger partial charge in [0.25, 0.3) is 0 Å². The van der Waals surface area contributed by atoms with Crippen LogP contribution in [0.3, 0.4) is 0 Å². The standard InChI is InChI=1S/C15H20ClNO2S/c1-20(18,19)15-9-5-8-14(16)13(15)11-17-10-12-6-3-2-4-7-12/h2-3,5,8-9,12,17H,4,6-7,10-11H2,1H3. The summed E-state index contributed by atoms with van der Waals surface area (Å²) in [4.78, 5) is 0.320. The predicted molar refractivity (Wildman–Crippen MR) is 82.7 cm³/mol. The minimum atomic E-state index is -3.25. The van der Waals surface area contributed by atoms with Gasteiger partial charge in [-0.2, -0.15) is 0 Å². The van der Waals surface area contributed by atoms with Crippen LogP contribution in [0.1, 0.15) is 24.8 Å². The normalized spacial score (nSPS) is 19.2. The average Bonchev–Trinajstić information content (AvgIpc) is 2.40. The molecular weight excluding hydrogens is 294 g/mol. The van der Waals surface area contributed by atoms with Crippen molar-refractivity contribution in [2.45, 2.75) is 30.7 Å². The van der Waals surface area contributed by atoms with Gasteiger partial charge in [-0.1, -0.05) is 29.8 Å². The monoisotopic (exact) mass is 313 g/mol. The molecule has 1 aliphatic rings. The van der Waals surface area contributed by atoms with Crippen molar-refractivity contribution in [1.29, 1.82) is 0 Å². The van der Waals surface area contributed by atoms with Crippen molar-refractivity contribution in [3.05, 3.63) is 40.9 Å². The second-order valence-electron chi connectivity index (χ2n) is 5.27. The number of benzene rings is 1. The molecule has 1 atom stereocenters. The summed E-state index contributed by atoms with van der Waals surface area (Å²) in [6.07, 6.45) is 9.06. The van der Waals surface area contributed by atoms with Gasteiger partial charge in [0.1, 0.15) is 0 Å². The molecule has 20 heavy (non-hydrogen) atoms. The second kappa shape index (κ2) is 6.74. The summed E-state index contributed by atoms with van der Waals surface area (Å²) in [7, 11) is -3.25. The highest BCUT2D eigenvalue weighted by Gasteiger charge is 2.16. The van der Waals surface area contributed by atoms with Crippen molar-refractivity contribution in [2.75, 3.05) is 12.8 Å². The van der Waals surface area contributed by atoms with Gasteiger partial charge in [0.2, 0.25) is 0 Å². The van der Waals surface area contributed by atoms with E-state index in [9.17, 15) is 8.42 Å². The van der Waals surface area contributed by atoms with Gasteiger partial charge in [-0.05, 0) is 43.9 Å². The summed E-state index contributed by atoms with van der Waals surface area (Å²) in [5, 5.41) is 3.85. The molecule has 0 aromatic heterocycles.